The molecule has 2 N–H and O–H groups in total. The molecule has 0 heterocycles. The normalized spacial score (nSPS) is 12.0. The first-order valence-corrected chi connectivity index (χ1v) is 8.17. The number of aliphatic hydroxyl groups is 1. The van der Waals surface area contributed by atoms with Crippen molar-refractivity contribution in [2.75, 3.05) is 12.8 Å². The van der Waals surface area contributed by atoms with Gasteiger partial charge in [-0.1, -0.05) is 29.8 Å². The lowest BCUT2D eigenvalue weighted by atomic mass is 10.1. The Morgan fingerprint density at radius 3 is 2.77 bits per heavy atom. The van der Waals surface area contributed by atoms with Crippen molar-refractivity contribution in [3.63, 3.8) is 0 Å². The molecular weight excluding hydrogens is 325 g/mol. The van der Waals surface area contributed by atoms with Crippen LogP contribution in [0.15, 0.2) is 47.4 Å². The molecule has 1 atom stereocenters. The number of hydrogen-bond donors (Lipinski definition) is 2. The second kappa shape index (κ2) is 7.63. The van der Waals surface area contributed by atoms with Crippen LogP contribution in [0.5, 0.6) is 0 Å². The molecule has 116 valence electrons. The largest absolute Gasteiger partial charge is 0.386 e. The minimum absolute atomic E-state index is 0.0976. The molecule has 0 spiro atoms. The molecule has 0 aliphatic carbocycles. The van der Waals surface area contributed by atoms with Gasteiger partial charge in [0.1, 0.15) is 5.82 Å². The van der Waals surface area contributed by atoms with Gasteiger partial charge in [0.25, 0.3) is 5.91 Å². The average molecular weight is 340 g/mol. The molecule has 22 heavy (non-hydrogen) atoms. The zero-order valence-electron chi connectivity index (χ0n) is 11.8. The van der Waals surface area contributed by atoms with E-state index in [1.165, 1.54) is 30.0 Å². The van der Waals surface area contributed by atoms with Gasteiger partial charge in [0.2, 0.25) is 0 Å². The summed E-state index contributed by atoms with van der Waals surface area (Å²) in [5.41, 5.74) is 0.473. The van der Waals surface area contributed by atoms with E-state index in [1.54, 1.807) is 18.2 Å². The monoisotopic (exact) mass is 339 g/mol. The van der Waals surface area contributed by atoms with Gasteiger partial charge in [0.05, 0.1) is 16.7 Å². The van der Waals surface area contributed by atoms with Gasteiger partial charge < -0.3 is 10.4 Å². The summed E-state index contributed by atoms with van der Waals surface area (Å²) < 4.78 is 13.6. The molecule has 3 nitrogen and oxygen atoms in total. The van der Waals surface area contributed by atoms with Crippen molar-refractivity contribution in [3.8, 4) is 0 Å². The predicted molar refractivity (Wildman–Crippen MR) is 86.9 cm³/mol. The van der Waals surface area contributed by atoms with E-state index >= 15 is 0 Å². The highest BCUT2D eigenvalue weighted by Crippen LogP contribution is 2.23. The van der Waals surface area contributed by atoms with Gasteiger partial charge in [0.15, 0.2) is 0 Å². The first kappa shape index (κ1) is 16.8. The van der Waals surface area contributed by atoms with Crippen molar-refractivity contribution < 1.29 is 14.3 Å². The maximum absolute atomic E-state index is 13.6. The maximum Gasteiger partial charge on any atom is 0.252 e. The van der Waals surface area contributed by atoms with E-state index in [0.29, 0.717) is 10.6 Å². The van der Waals surface area contributed by atoms with Crippen molar-refractivity contribution in [2.24, 2.45) is 0 Å². The summed E-state index contributed by atoms with van der Waals surface area (Å²) in [5, 5.41) is 12.9. The zero-order valence-corrected chi connectivity index (χ0v) is 13.4. The number of benzene rings is 2. The molecule has 6 heteroatoms. The zero-order chi connectivity index (χ0) is 16.1. The Kier molecular flexibility index (Phi) is 5.83. The number of hydrogen-bond acceptors (Lipinski definition) is 3. The van der Waals surface area contributed by atoms with Gasteiger partial charge in [0, 0.05) is 17.0 Å². The van der Waals surface area contributed by atoms with Gasteiger partial charge >= 0.3 is 0 Å². The fraction of sp³-hybridized carbons (Fsp3) is 0.188. The fourth-order valence-corrected chi connectivity index (χ4v) is 2.59. The predicted octanol–water partition coefficient (Wildman–Crippen LogP) is 3.66. The van der Waals surface area contributed by atoms with E-state index in [2.05, 4.69) is 5.32 Å². The van der Waals surface area contributed by atoms with Crippen molar-refractivity contribution in [2.45, 2.75) is 11.0 Å². The summed E-state index contributed by atoms with van der Waals surface area (Å²) in [6.07, 6.45) is 0.778. The molecule has 0 saturated heterocycles. The summed E-state index contributed by atoms with van der Waals surface area (Å²) in [6.45, 7) is -0.0976. The Balaban J connectivity index is 2.05. The molecule has 0 aliphatic rings. The second-order valence-electron chi connectivity index (χ2n) is 4.59. The number of nitrogens with one attached hydrogen (secondary N) is 1. The van der Waals surface area contributed by atoms with E-state index in [-0.39, 0.29) is 12.1 Å². The highest BCUT2D eigenvalue weighted by atomic mass is 35.5. The van der Waals surface area contributed by atoms with Crippen LogP contribution in [-0.2, 0) is 0 Å². The van der Waals surface area contributed by atoms with Crippen LogP contribution in [0, 0.1) is 5.82 Å². The van der Waals surface area contributed by atoms with E-state index in [9.17, 15) is 14.3 Å². The lowest BCUT2D eigenvalue weighted by molar-refractivity contribution is 0.0914. The van der Waals surface area contributed by atoms with Crippen molar-refractivity contribution in [1.82, 2.24) is 5.32 Å². The molecule has 2 rings (SSSR count). The smallest absolute Gasteiger partial charge is 0.252 e. The Bertz CT molecular complexity index is 681. The average Bonchev–Trinajstić information content (AvgIpc) is 2.53. The third kappa shape index (κ3) is 4.00. The van der Waals surface area contributed by atoms with Crippen LogP contribution in [0.1, 0.15) is 22.0 Å². The molecule has 0 radical (unpaired) electrons. The first-order valence-electron chi connectivity index (χ1n) is 6.57. The number of rotatable bonds is 5. The van der Waals surface area contributed by atoms with E-state index < -0.39 is 17.8 Å². The van der Waals surface area contributed by atoms with Crippen LogP contribution in [0.25, 0.3) is 0 Å². The van der Waals surface area contributed by atoms with Gasteiger partial charge in [-0.15, -0.1) is 11.8 Å². The Morgan fingerprint density at radius 1 is 1.36 bits per heavy atom. The van der Waals surface area contributed by atoms with E-state index in [4.69, 9.17) is 11.6 Å². The number of carbonyl (C=O) groups excluding carboxylic acids is 1. The van der Waals surface area contributed by atoms with Crippen molar-refractivity contribution in [3.05, 3.63) is 64.4 Å². The first-order chi connectivity index (χ1) is 10.5. The lowest BCUT2D eigenvalue weighted by Crippen LogP contribution is -2.29. The molecule has 0 saturated carbocycles. The van der Waals surface area contributed by atoms with E-state index in [1.807, 2.05) is 12.3 Å². The standard InChI is InChI=1S/C16H15ClFNO2S/c1-22-10-6-7-13(17)12(8-10)16(21)19-9-15(20)11-4-2-3-5-14(11)18/h2-8,15,20H,9H2,1H3,(H,19,21). The van der Waals surface area contributed by atoms with Gasteiger partial charge in [-0.25, -0.2) is 4.39 Å². The number of thioether (sulfide) groups is 1. The van der Waals surface area contributed by atoms with Crippen LogP contribution in [0.4, 0.5) is 4.39 Å². The number of amides is 1. The maximum atomic E-state index is 13.6. The van der Waals surface area contributed by atoms with Gasteiger partial charge in [-0.05, 0) is 30.5 Å². The van der Waals surface area contributed by atoms with Crippen LogP contribution >= 0.6 is 23.4 Å². The minimum atomic E-state index is -1.12. The Hall–Kier alpha value is -1.56. The third-order valence-electron chi connectivity index (χ3n) is 3.14. The van der Waals surface area contributed by atoms with Crippen molar-refractivity contribution >= 4 is 29.3 Å². The molecule has 1 unspecified atom stereocenters. The number of aliphatic hydroxyl groups excluding tert-OH is 1. The van der Waals surface area contributed by atoms with Crippen LogP contribution in [0.2, 0.25) is 5.02 Å². The fourth-order valence-electron chi connectivity index (χ4n) is 1.95. The number of carbonyl (C=O) groups is 1. The summed E-state index contributed by atoms with van der Waals surface area (Å²) in [6, 6.07) is 11.1. The van der Waals surface area contributed by atoms with Crippen LogP contribution in [-0.4, -0.2) is 23.8 Å². The molecule has 0 aromatic heterocycles. The topological polar surface area (TPSA) is 49.3 Å². The van der Waals surface area contributed by atoms with Crippen LogP contribution < -0.4 is 5.32 Å². The SMILES string of the molecule is CSc1ccc(Cl)c(C(=O)NCC(O)c2ccccc2F)c1. The second-order valence-corrected chi connectivity index (χ2v) is 5.88. The molecule has 0 aliphatic heterocycles. The Labute approximate surface area is 137 Å². The highest BCUT2D eigenvalue weighted by Gasteiger charge is 2.16. The third-order valence-corrected chi connectivity index (χ3v) is 4.19. The van der Waals surface area contributed by atoms with Crippen LogP contribution in [0.3, 0.4) is 0 Å². The molecule has 0 bridgehead atoms. The molecule has 1 amide bonds. The quantitative estimate of drug-likeness (QED) is 0.817. The summed E-state index contributed by atoms with van der Waals surface area (Å²) in [7, 11) is 0. The van der Waals surface area contributed by atoms with Gasteiger partial charge in [-0.2, -0.15) is 0 Å². The number of halogens is 2. The molecular formula is C16H15ClFNO2S. The molecule has 2 aromatic rings. The van der Waals surface area contributed by atoms with Crippen molar-refractivity contribution in [1.29, 1.82) is 0 Å². The minimum Gasteiger partial charge on any atom is -0.386 e. The summed E-state index contributed by atoms with van der Waals surface area (Å²) in [4.78, 5) is 13.1. The lowest BCUT2D eigenvalue weighted by Gasteiger charge is -2.13. The molecule has 0 fully saturated rings. The van der Waals surface area contributed by atoms with Gasteiger partial charge in [-0.3, -0.25) is 4.79 Å². The summed E-state index contributed by atoms with van der Waals surface area (Å²) >= 11 is 7.51. The Morgan fingerprint density at radius 2 is 2.09 bits per heavy atom. The highest BCUT2D eigenvalue weighted by molar-refractivity contribution is 7.98. The molecule has 2 aromatic carbocycles. The summed E-state index contributed by atoms with van der Waals surface area (Å²) in [5.74, 6) is -0.914. The van der Waals surface area contributed by atoms with E-state index in [0.717, 1.165) is 4.90 Å².